The number of anilines is 2. The SMILES string of the molecule is CNc1nc(C)c([N+](=O)[O-])c(NCCC2CC2)n1. The molecule has 1 saturated carbocycles. The van der Waals surface area contributed by atoms with Gasteiger partial charge in [0, 0.05) is 13.6 Å². The van der Waals surface area contributed by atoms with Crippen LogP contribution in [0.2, 0.25) is 0 Å². The van der Waals surface area contributed by atoms with Crippen molar-refractivity contribution in [2.45, 2.75) is 26.2 Å². The molecule has 1 fully saturated rings. The molecule has 0 aromatic carbocycles. The highest BCUT2D eigenvalue weighted by Gasteiger charge is 2.23. The Kier molecular flexibility index (Phi) is 3.59. The van der Waals surface area contributed by atoms with Crippen LogP contribution in [0.25, 0.3) is 0 Å². The van der Waals surface area contributed by atoms with Gasteiger partial charge in [-0.3, -0.25) is 10.1 Å². The minimum atomic E-state index is -0.436. The molecule has 0 amide bonds. The molecular formula is C11H17N5O2. The fraction of sp³-hybridized carbons (Fsp3) is 0.636. The van der Waals surface area contributed by atoms with E-state index in [2.05, 4.69) is 20.6 Å². The van der Waals surface area contributed by atoms with Crippen molar-refractivity contribution in [3.05, 3.63) is 15.8 Å². The first-order chi connectivity index (χ1) is 8.61. The summed E-state index contributed by atoms with van der Waals surface area (Å²) in [5, 5.41) is 16.9. The molecule has 2 N–H and O–H groups in total. The molecule has 1 aliphatic carbocycles. The second kappa shape index (κ2) is 5.16. The second-order valence-corrected chi connectivity index (χ2v) is 4.50. The second-order valence-electron chi connectivity index (χ2n) is 4.50. The van der Waals surface area contributed by atoms with E-state index in [4.69, 9.17) is 0 Å². The molecule has 0 radical (unpaired) electrons. The lowest BCUT2D eigenvalue weighted by atomic mass is 10.3. The quantitative estimate of drug-likeness (QED) is 0.593. The molecule has 0 bridgehead atoms. The van der Waals surface area contributed by atoms with Crippen LogP contribution in [0.15, 0.2) is 0 Å². The van der Waals surface area contributed by atoms with Gasteiger partial charge in [0.2, 0.25) is 11.8 Å². The van der Waals surface area contributed by atoms with Crippen LogP contribution < -0.4 is 10.6 Å². The third kappa shape index (κ3) is 2.85. The monoisotopic (exact) mass is 251 g/mol. The van der Waals surface area contributed by atoms with Crippen molar-refractivity contribution in [2.24, 2.45) is 5.92 Å². The first-order valence-electron chi connectivity index (χ1n) is 6.06. The third-order valence-electron chi connectivity index (χ3n) is 3.01. The summed E-state index contributed by atoms with van der Waals surface area (Å²) in [6.07, 6.45) is 3.58. The summed E-state index contributed by atoms with van der Waals surface area (Å²) < 4.78 is 0. The number of hydrogen-bond donors (Lipinski definition) is 2. The van der Waals surface area contributed by atoms with Gasteiger partial charge in [-0.05, 0) is 19.3 Å². The van der Waals surface area contributed by atoms with E-state index in [0.717, 1.165) is 12.3 Å². The standard InChI is InChI=1S/C11H17N5O2/c1-7-9(16(17)18)10(15-11(12-2)14-7)13-6-5-8-3-4-8/h8H,3-6H2,1-2H3,(H2,12,13,14,15). The molecule has 98 valence electrons. The molecule has 18 heavy (non-hydrogen) atoms. The lowest BCUT2D eigenvalue weighted by molar-refractivity contribution is -0.385. The Morgan fingerprint density at radius 2 is 2.17 bits per heavy atom. The van der Waals surface area contributed by atoms with Crippen molar-refractivity contribution in [1.29, 1.82) is 0 Å². The van der Waals surface area contributed by atoms with Gasteiger partial charge in [0.25, 0.3) is 0 Å². The van der Waals surface area contributed by atoms with E-state index < -0.39 is 4.92 Å². The molecule has 7 heteroatoms. The average molecular weight is 251 g/mol. The fourth-order valence-corrected chi connectivity index (χ4v) is 1.82. The maximum atomic E-state index is 11.0. The zero-order valence-electron chi connectivity index (χ0n) is 10.6. The van der Waals surface area contributed by atoms with Crippen molar-refractivity contribution in [2.75, 3.05) is 24.2 Å². The summed E-state index contributed by atoms with van der Waals surface area (Å²) in [6, 6.07) is 0. The van der Waals surface area contributed by atoms with Crippen LogP contribution in [0.3, 0.4) is 0 Å². The van der Waals surface area contributed by atoms with E-state index >= 15 is 0 Å². The number of nitrogens with one attached hydrogen (secondary N) is 2. The number of nitrogens with zero attached hydrogens (tertiary/aromatic N) is 3. The van der Waals surface area contributed by atoms with Crippen LogP contribution in [-0.2, 0) is 0 Å². The van der Waals surface area contributed by atoms with E-state index in [9.17, 15) is 10.1 Å². The maximum absolute atomic E-state index is 11.0. The summed E-state index contributed by atoms with van der Waals surface area (Å²) >= 11 is 0. The van der Waals surface area contributed by atoms with E-state index in [0.29, 0.717) is 24.0 Å². The summed E-state index contributed by atoms with van der Waals surface area (Å²) in [5.74, 6) is 1.48. The molecular weight excluding hydrogens is 234 g/mol. The first kappa shape index (κ1) is 12.5. The van der Waals surface area contributed by atoms with Gasteiger partial charge in [0.1, 0.15) is 5.69 Å². The molecule has 1 aromatic rings. The summed E-state index contributed by atoms with van der Waals surface area (Å²) in [7, 11) is 1.69. The zero-order chi connectivity index (χ0) is 13.1. The third-order valence-corrected chi connectivity index (χ3v) is 3.01. The minimum Gasteiger partial charge on any atom is -0.364 e. The van der Waals surface area contributed by atoms with Crippen molar-refractivity contribution in [1.82, 2.24) is 9.97 Å². The zero-order valence-corrected chi connectivity index (χ0v) is 10.6. The van der Waals surface area contributed by atoms with E-state index in [-0.39, 0.29) is 5.69 Å². The van der Waals surface area contributed by atoms with Gasteiger partial charge in [0.05, 0.1) is 4.92 Å². The van der Waals surface area contributed by atoms with Gasteiger partial charge < -0.3 is 10.6 Å². The molecule has 0 saturated heterocycles. The van der Waals surface area contributed by atoms with Crippen LogP contribution in [0, 0.1) is 23.0 Å². The Morgan fingerprint density at radius 1 is 1.44 bits per heavy atom. The average Bonchev–Trinajstić information content (AvgIpc) is 3.11. The predicted molar refractivity (Wildman–Crippen MR) is 68.8 cm³/mol. The van der Waals surface area contributed by atoms with Crippen LogP contribution in [0.4, 0.5) is 17.5 Å². The summed E-state index contributed by atoms with van der Waals surface area (Å²) in [4.78, 5) is 18.7. The molecule has 7 nitrogen and oxygen atoms in total. The number of rotatable bonds is 6. The number of nitro groups is 1. The van der Waals surface area contributed by atoms with Gasteiger partial charge in [-0.2, -0.15) is 4.98 Å². The molecule has 0 unspecified atom stereocenters. The lowest BCUT2D eigenvalue weighted by Crippen LogP contribution is -2.11. The molecule has 1 aliphatic rings. The van der Waals surface area contributed by atoms with Gasteiger partial charge in [0.15, 0.2) is 0 Å². The Hall–Kier alpha value is -1.92. The van der Waals surface area contributed by atoms with E-state index in [1.54, 1.807) is 14.0 Å². The highest BCUT2D eigenvalue weighted by Crippen LogP contribution is 2.33. The Balaban J connectivity index is 2.17. The van der Waals surface area contributed by atoms with Crippen LogP contribution in [0.5, 0.6) is 0 Å². The smallest absolute Gasteiger partial charge is 0.332 e. The highest BCUT2D eigenvalue weighted by atomic mass is 16.6. The highest BCUT2D eigenvalue weighted by molar-refractivity contribution is 5.60. The Bertz CT molecular complexity index is 459. The Labute approximate surface area is 105 Å². The number of hydrogen-bond acceptors (Lipinski definition) is 6. The van der Waals surface area contributed by atoms with Crippen molar-refractivity contribution in [3.63, 3.8) is 0 Å². The van der Waals surface area contributed by atoms with Gasteiger partial charge >= 0.3 is 5.69 Å². The fourth-order valence-electron chi connectivity index (χ4n) is 1.82. The van der Waals surface area contributed by atoms with Crippen LogP contribution in [0.1, 0.15) is 25.0 Å². The normalized spacial score (nSPS) is 14.3. The number of aryl methyl sites for hydroxylation is 1. The molecule has 0 aliphatic heterocycles. The predicted octanol–water partition coefficient (Wildman–Crippen LogP) is 1.95. The molecule has 2 rings (SSSR count). The molecule has 1 heterocycles. The van der Waals surface area contributed by atoms with Crippen molar-refractivity contribution < 1.29 is 4.92 Å². The first-order valence-corrected chi connectivity index (χ1v) is 6.06. The van der Waals surface area contributed by atoms with Crippen LogP contribution in [-0.4, -0.2) is 28.5 Å². The summed E-state index contributed by atoms with van der Waals surface area (Å²) in [5.41, 5.74) is 0.332. The number of aromatic nitrogens is 2. The molecule has 1 aromatic heterocycles. The van der Waals surface area contributed by atoms with Gasteiger partial charge in [-0.1, -0.05) is 12.8 Å². The van der Waals surface area contributed by atoms with E-state index in [1.807, 2.05) is 0 Å². The van der Waals surface area contributed by atoms with E-state index in [1.165, 1.54) is 12.8 Å². The molecule has 0 spiro atoms. The van der Waals surface area contributed by atoms with Crippen LogP contribution >= 0.6 is 0 Å². The Morgan fingerprint density at radius 3 is 2.72 bits per heavy atom. The lowest BCUT2D eigenvalue weighted by Gasteiger charge is -2.09. The van der Waals surface area contributed by atoms with Crippen molar-refractivity contribution >= 4 is 17.5 Å². The topological polar surface area (TPSA) is 93.0 Å². The minimum absolute atomic E-state index is 0.0372. The largest absolute Gasteiger partial charge is 0.364 e. The molecule has 0 atom stereocenters. The van der Waals surface area contributed by atoms with Gasteiger partial charge in [-0.25, -0.2) is 4.98 Å². The van der Waals surface area contributed by atoms with Gasteiger partial charge in [-0.15, -0.1) is 0 Å². The van der Waals surface area contributed by atoms with Crippen molar-refractivity contribution in [3.8, 4) is 0 Å². The summed E-state index contributed by atoms with van der Waals surface area (Å²) in [6.45, 7) is 2.33. The maximum Gasteiger partial charge on any atom is 0.332 e.